The van der Waals surface area contributed by atoms with E-state index in [2.05, 4.69) is 72.9 Å². The van der Waals surface area contributed by atoms with E-state index >= 15 is 0 Å². The number of hydrogen-bond donors (Lipinski definition) is 2. The molecule has 0 unspecified atom stereocenters. The number of rotatable bonds is 6. The highest BCUT2D eigenvalue weighted by atomic mass is 15.1. The van der Waals surface area contributed by atoms with Crippen LogP contribution in [0.3, 0.4) is 0 Å². The zero-order chi connectivity index (χ0) is 21.2. The maximum absolute atomic E-state index is 4.62. The molecule has 0 saturated heterocycles. The summed E-state index contributed by atoms with van der Waals surface area (Å²) < 4.78 is 2.06. The fourth-order valence-electron chi connectivity index (χ4n) is 3.91. The molecule has 0 bridgehead atoms. The van der Waals surface area contributed by atoms with Crippen molar-refractivity contribution in [2.75, 3.05) is 5.32 Å². The van der Waals surface area contributed by atoms with Gasteiger partial charge in [-0.05, 0) is 36.6 Å². The second kappa shape index (κ2) is 8.02. The standard InChI is InChI=1S/C24H23N7/c1-16-10-17(2)20(19(11-16)22-25-8-9-26-22)13-31-15-30-21-23(28-14-29-24(21)31)27-12-18-6-4-3-5-7-18/h3-11,14-15H,12-13H2,1-2H3,(H,25,26)(H,27,28,29). The van der Waals surface area contributed by atoms with Crippen LogP contribution in [0.1, 0.15) is 22.3 Å². The highest BCUT2D eigenvalue weighted by Gasteiger charge is 2.15. The van der Waals surface area contributed by atoms with Crippen LogP contribution >= 0.6 is 0 Å². The van der Waals surface area contributed by atoms with E-state index in [1.54, 1.807) is 12.5 Å². The minimum atomic E-state index is 0.647. The van der Waals surface area contributed by atoms with Crippen LogP contribution in [0, 0.1) is 13.8 Å². The Morgan fingerprint density at radius 3 is 2.68 bits per heavy atom. The van der Waals surface area contributed by atoms with E-state index < -0.39 is 0 Å². The first-order chi connectivity index (χ1) is 15.2. The first kappa shape index (κ1) is 19.0. The maximum atomic E-state index is 4.62. The number of benzene rings is 2. The lowest BCUT2D eigenvalue weighted by Gasteiger charge is -2.14. The van der Waals surface area contributed by atoms with Crippen molar-refractivity contribution in [2.24, 2.45) is 0 Å². The topological polar surface area (TPSA) is 84.3 Å². The molecule has 0 atom stereocenters. The summed E-state index contributed by atoms with van der Waals surface area (Å²) in [5, 5.41) is 3.39. The molecule has 3 heterocycles. The minimum absolute atomic E-state index is 0.647. The second-order valence-corrected chi connectivity index (χ2v) is 7.65. The highest BCUT2D eigenvalue weighted by Crippen LogP contribution is 2.27. The van der Waals surface area contributed by atoms with Gasteiger partial charge in [0.1, 0.15) is 17.7 Å². The third-order valence-corrected chi connectivity index (χ3v) is 5.40. The van der Waals surface area contributed by atoms with Crippen molar-refractivity contribution >= 4 is 17.0 Å². The summed E-state index contributed by atoms with van der Waals surface area (Å²) in [6, 6.07) is 14.6. The summed E-state index contributed by atoms with van der Waals surface area (Å²) >= 11 is 0. The predicted octanol–water partition coefficient (Wildman–Crippen LogP) is 4.49. The Bertz CT molecular complexity index is 1320. The van der Waals surface area contributed by atoms with E-state index in [1.165, 1.54) is 22.3 Å². The van der Waals surface area contributed by atoms with Gasteiger partial charge < -0.3 is 14.9 Å². The van der Waals surface area contributed by atoms with Gasteiger partial charge in [-0.15, -0.1) is 0 Å². The number of H-pyrrole nitrogens is 1. The summed E-state index contributed by atoms with van der Waals surface area (Å²) in [7, 11) is 0. The number of aryl methyl sites for hydroxylation is 2. The molecular weight excluding hydrogens is 386 g/mol. The van der Waals surface area contributed by atoms with Gasteiger partial charge in [-0.25, -0.2) is 19.9 Å². The monoisotopic (exact) mass is 409 g/mol. The van der Waals surface area contributed by atoms with Gasteiger partial charge in [0, 0.05) is 24.5 Å². The summed E-state index contributed by atoms with van der Waals surface area (Å²) in [6.07, 6.45) is 7.05. The van der Waals surface area contributed by atoms with Crippen LogP contribution in [0.15, 0.2) is 67.5 Å². The number of aromatic amines is 1. The van der Waals surface area contributed by atoms with Gasteiger partial charge in [-0.1, -0.05) is 42.0 Å². The van der Waals surface area contributed by atoms with Crippen molar-refractivity contribution in [1.82, 2.24) is 29.5 Å². The number of fused-ring (bicyclic) bond motifs is 1. The molecule has 0 aliphatic heterocycles. The molecule has 2 aromatic carbocycles. The van der Waals surface area contributed by atoms with E-state index in [9.17, 15) is 0 Å². The third-order valence-electron chi connectivity index (χ3n) is 5.40. The Morgan fingerprint density at radius 2 is 1.87 bits per heavy atom. The molecule has 0 saturated carbocycles. The van der Waals surface area contributed by atoms with Gasteiger partial charge in [-0.2, -0.15) is 0 Å². The fourth-order valence-corrected chi connectivity index (χ4v) is 3.91. The van der Waals surface area contributed by atoms with Crippen LogP contribution in [0.5, 0.6) is 0 Å². The van der Waals surface area contributed by atoms with Crippen LogP contribution < -0.4 is 5.32 Å². The first-order valence-electron chi connectivity index (χ1n) is 10.2. The molecule has 0 aliphatic carbocycles. The van der Waals surface area contributed by atoms with E-state index in [-0.39, 0.29) is 0 Å². The Hall–Kier alpha value is -4.00. The van der Waals surface area contributed by atoms with Crippen LogP contribution in [-0.2, 0) is 13.1 Å². The number of aromatic nitrogens is 6. The smallest absolute Gasteiger partial charge is 0.165 e. The summed E-state index contributed by atoms with van der Waals surface area (Å²) in [4.78, 5) is 21.3. The SMILES string of the molecule is Cc1cc(C)c(Cn2cnc3c(NCc4ccccc4)ncnc32)c(-c2ncc[nH]2)c1. The summed E-state index contributed by atoms with van der Waals surface area (Å²) in [6.45, 7) is 5.57. The van der Waals surface area contributed by atoms with Crippen molar-refractivity contribution in [1.29, 1.82) is 0 Å². The summed E-state index contributed by atoms with van der Waals surface area (Å²) in [5.74, 6) is 1.60. The van der Waals surface area contributed by atoms with Crippen LogP contribution in [0.2, 0.25) is 0 Å². The average molecular weight is 409 g/mol. The molecule has 7 heteroatoms. The van der Waals surface area contributed by atoms with E-state index in [1.807, 2.05) is 30.7 Å². The lowest BCUT2D eigenvalue weighted by atomic mass is 9.98. The van der Waals surface area contributed by atoms with Crippen molar-refractivity contribution in [3.63, 3.8) is 0 Å². The number of anilines is 1. The Balaban J connectivity index is 1.49. The molecule has 0 amide bonds. The van der Waals surface area contributed by atoms with Gasteiger partial charge in [0.05, 0.1) is 12.9 Å². The lowest BCUT2D eigenvalue weighted by molar-refractivity contribution is 0.807. The maximum Gasteiger partial charge on any atom is 0.165 e. The predicted molar refractivity (Wildman–Crippen MR) is 122 cm³/mol. The third kappa shape index (κ3) is 3.77. The lowest BCUT2D eigenvalue weighted by Crippen LogP contribution is -2.06. The van der Waals surface area contributed by atoms with E-state index in [0.717, 1.165) is 28.4 Å². The molecule has 31 heavy (non-hydrogen) atoms. The summed E-state index contributed by atoms with van der Waals surface area (Å²) in [5.41, 5.74) is 7.46. The van der Waals surface area contributed by atoms with Crippen LogP contribution in [-0.4, -0.2) is 29.5 Å². The van der Waals surface area contributed by atoms with Gasteiger partial charge in [0.15, 0.2) is 11.5 Å². The molecule has 0 aliphatic rings. The molecule has 3 aromatic heterocycles. The number of nitrogens with zero attached hydrogens (tertiary/aromatic N) is 5. The van der Waals surface area contributed by atoms with Gasteiger partial charge in [-0.3, -0.25) is 0 Å². The van der Waals surface area contributed by atoms with Crippen molar-refractivity contribution in [3.05, 3.63) is 89.8 Å². The normalized spacial score (nSPS) is 11.2. The molecule has 154 valence electrons. The van der Waals surface area contributed by atoms with E-state index in [4.69, 9.17) is 0 Å². The number of hydrogen-bond acceptors (Lipinski definition) is 5. The molecule has 5 rings (SSSR count). The zero-order valence-corrected chi connectivity index (χ0v) is 17.5. The molecule has 5 aromatic rings. The molecular formula is C24H23N7. The zero-order valence-electron chi connectivity index (χ0n) is 17.5. The average Bonchev–Trinajstić information content (AvgIpc) is 3.45. The van der Waals surface area contributed by atoms with Gasteiger partial charge in [0.2, 0.25) is 0 Å². The number of imidazole rings is 2. The fraction of sp³-hybridized carbons (Fsp3) is 0.167. The van der Waals surface area contributed by atoms with Crippen molar-refractivity contribution < 1.29 is 0 Å². The number of nitrogens with one attached hydrogen (secondary N) is 2. The van der Waals surface area contributed by atoms with Crippen molar-refractivity contribution in [3.8, 4) is 11.4 Å². The highest BCUT2D eigenvalue weighted by molar-refractivity contribution is 5.82. The first-order valence-corrected chi connectivity index (χ1v) is 10.2. The molecule has 0 radical (unpaired) electrons. The Morgan fingerprint density at radius 1 is 1.00 bits per heavy atom. The minimum Gasteiger partial charge on any atom is -0.364 e. The van der Waals surface area contributed by atoms with Crippen LogP contribution in [0.25, 0.3) is 22.6 Å². The quantitative estimate of drug-likeness (QED) is 0.432. The molecule has 0 spiro atoms. The largest absolute Gasteiger partial charge is 0.364 e. The molecule has 2 N–H and O–H groups in total. The van der Waals surface area contributed by atoms with Crippen LogP contribution in [0.4, 0.5) is 5.82 Å². The Kier molecular flexibility index (Phi) is 4.92. The molecule has 0 fully saturated rings. The van der Waals surface area contributed by atoms with Crippen molar-refractivity contribution in [2.45, 2.75) is 26.9 Å². The second-order valence-electron chi connectivity index (χ2n) is 7.65. The van der Waals surface area contributed by atoms with E-state index in [0.29, 0.717) is 13.1 Å². The van der Waals surface area contributed by atoms with Gasteiger partial charge >= 0.3 is 0 Å². The molecule has 7 nitrogen and oxygen atoms in total. The van der Waals surface area contributed by atoms with Gasteiger partial charge in [0.25, 0.3) is 0 Å². The Labute approximate surface area is 180 Å².